The van der Waals surface area contributed by atoms with Crippen LogP contribution in [0.5, 0.6) is 0 Å². The molecule has 0 heterocycles. The Kier molecular flexibility index (Phi) is 2.84. The molecule has 0 spiro atoms. The molecule has 6 heteroatoms. The highest BCUT2D eigenvalue weighted by Crippen LogP contribution is 2.30. The molecule has 1 aromatic carbocycles. The number of rotatable bonds is 1. The minimum absolute atomic E-state index is 0.176. The Morgan fingerprint density at radius 3 is 2.58 bits per heavy atom. The maximum Gasteiger partial charge on any atom is 0.301 e. The summed E-state index contributed by atoms with van der Waals surface area (Å²) in [5.74, 6) is -0.574. The molecule has 1 aromatic rings. The average Bonchev–Trinajstić information content (AvgIpc) is 1.82. The van der Waals surface area contributed by atoms with E-state index in [4.69, 9.17) is 11.6 Å². The van der Waals surface area contributed by atoms with Crippen LogP contribution >= 0.6 is 34.2 Å². The number of nitro groups is 1. The van der Waals surface area contributed by atoms with E-state index in [0.717, 1.165) is 12.1 Å². The van der Waals surface area contributed by atoms with Crippen LogP contribution in [0, 0.1) is 19.5 Å². The molecule has 3 nitrogen and oxygen atoms in total. The molecular formula is C6H2ClFINO2. The predicted molar refractivity (Wildman–Crippen MR) is 50.8 cm³/mol. The zero-order chi connectivity index (χ0) is 9.30. The zero-order valence-electron chi connectivity index (χ0n) is 5.55. The first-order chi connectivity index (χ1) is 5.52. The minimum Gasteiger partial charge on any atom is -0.258 e. The van der Waals surface area contributed by atoms with Crippen LogP contribution in [0.3, 0.4) is 0 Å². The van der Waals surface area contributed by atoms with Crippen LogP contribution in [-0.4, -0.2) is 4.92 Å². The summed E-state index contributed by atoms with van der Waals surface area (Å²) >= 11 is 7.10. The van der Waals surface area contributed by atoms with E-state index in [2.05, 4.69) is 0 Å². The molecule has 0 aliphatic rings. The number of nitrogens with zero attached hydrogens (tertiary/aromatic N) is 1. The lowest BCUT2D eigenvalue weighted by Crippen LogP contribution is -1.93. The van der Waals surface area contributed by atoms with Gasteiger partial charge in [-0.15, -0.1) is 0 Å². The highest BCUT2D eigenvalue weighted by atomic mass is 127. The van der Waals surface area contributed by atoms with Crippen molar-refractivity contribution in [1.82, 2.24) is 0 Å². The van der Waals surface area contributed by atoms with Gasteiger partial charge in [0, 0.05) is 0 Å². The van der Waals surface area contributed by atoms with Crippen molar-refractivity contribution in [3.63, 3.8) is 0 Å². The van der Waals surface area contributed by atoms with Crippen LogP contribution < -0.4 is 0 Å². The quantitative estimate of drug-likeness (QED) is 0.455. The molecule has 0 unspecified atom stereocenters. The first kappa shape index (κ1) is 9.66. The highest BCUT2D eigenvalue weighted by molar-refractivity contribution is 14.1. The van der Waals surface area contributed by atoms with E-state index in [1.807, 2.05) is 0 Å². The molecule has 12 heavy (non-hydrogen) atoms. The lowest BCUT2D eigenvalue weighted by molar-refractivity contribution is -0.385. The molecule has 0 amide bonds. The summed E-state index contributed by atoms with van der Waals surface area (Å²) in [6, 6.07) is 1.98. The van der Waals surface area contributed by atoms with Crippen molar-refractivity contribution in [2.24, 2.45) is 0 Å². The van der Waals surface area contributed by atoms with E-state index in [1.54, 1.807) is 22.6 Å². The normalized spacial score (nSPS) is 9.92. The van der Waals surface area contributed by atoms with Gasteiger partial charge in [0.2, 0.25) is 0 Å². The second kappa shape index (κ2) is 3.53. The van der Waals surface area contributed by atoms with Crippen molar-refractivity contribution in [1.29, 1.82) is 0 Å². The Bertz CT molecular complexity index is 321. The third-order valence-corrected chi connectivity index (χ3v) is 2.27. The first-order valence-corrected chi connectivity index (χ1v) is 4.27. The van der Waals surface area contributed by atoms with Crippen LogP contribution in [0.2, 0.25) is 5.02 Å². The van der Waals surface area contributed by atoms with Gasteiger partial charge in [0.1, 0.15) is 10.8 Å². The van der Waals surface area contributed by atoms with Crippen molar-refractivity contribution in [2.75, 3.05) is 0 Å². The van der Waals surface area contributed by atoms with Gasteiger partial charge < -0.3 is 0 Å². The summed E-state index contributed by atoms with van der Waals surface area (Å²) in [5, 5.41) is 10.2. The third-order valence-electron chi connectivity index (χ3n) is 1.16. The largest absolute Gasteiger partial charge is 0.301 e. The zero-order valence-corrected chi connectivity index (χ0v) is 8.47. The van der Waals surface area contributed by atoms with Crippen molar-refractivity contribution in [2.45, 2.75) is 0 Å². The van der Waals surface area contributed by atoms with Crippen LogP contribution in [0.15, 0.2) is 12.1 Å². The van der Waals surface area contributed by atoms with E-state index in [-0.39, 0.29) is 14.3 Å². The standard InChI is InChI=1S/C6H2ClFINO2/c7-4-1-3(8)2-5(9)6(4)10(11)12/h1-2H. The molecule has 1 rings (SSSR count). The number of hydrogen-bond acceptors (Lipinski definition) is 2. The van der Waals surface area contributed by atoms with Gasteiger partial charge >= 0.3 is 5.69 Å². The molecule has 0 saturated carbocycles. The Morgan fingerprint density at radius 2 is 2.17 bits per heavy atom. The molecule has 0 fully saturated rings. The van der Waals surface area contributed by atoms with E-state index in [0.29, 0.717) is 0 Å². The van der Waals surface area contributed by atoms with Gasteiger partial charge in [0.05, 0.1) is 8.49 Å². The second-order valence-electron chi connectivity index (χ2n) is 1.98. The molecule has 0 radical (unpaired) electrons. The van der Waals surface area contributed by atoms with Gasteiger partial charge in [-0.3, -0.25) is 10.1 Å². The molecular weight excluding hydrogens is 299 g/mol. The summed E-state index contributed by atoms with van der Waals surface area (Å²) in [4.78, 5) is 9.71. The first-order valence-electron chi connectivity index (χ1n) is 2.81. The fourth-order valence-corrected chi connectivity index (χ4v) is 1.93. The summed E-state index contributed by atoms with van der Waals surface area (Å²) < 4.78 is 12.8. The highest BCUT2D eigenvalue weighted by Gasteiger charge is 2.17. The molecule has 0 N–H and O–H groups in total. The number of halogens is 3. The van der Waals surface area contributed by atoms with Gasteiger partial charge in [-0.25, -0.2) is 4.39 Å². The fourth-order valence-electron chi connectivity index (χ4n) is 0.709. The predicted octanol–water partition coefficient (Wildman–Crippen LogP) is 2.99. The van der Waals surface area contributed by atoms with Gasteiger partial charge in [-0.1, -0.05) is 11.6 Å². The van der Waals surface area contributed by atoms with Crippen LogP contribution in [0.25, 0.3) is 0 Å². The SMILES string of the molecule is O=[N+]([O-])c1c(Cl)cc(F)cc1I. The maximum atomic E-state index is 12.6. The lowest BCUT2D eigenvalue weighted by Gasteiger charge is -1.97. The molecule has 0 aliphatic carbocycles. The smallest absolute Gasteiger partial charge is 0.258 e. The van der Waals surface area contributed by atoms with Crippen LogP contribution in [0.1, 0.15) is 0 Å². The van der Waals surface area contributed by atoms with Crippen molar-refractivity contribution >= 4 is 39.9 Å². The van der Waals surface area contributed by atoms with Crippen molar-refractivity contribution in [3.8, 4) is 0 Å². The van der Waals surface area contributed by atoms with Crippen molar-refractivity contribution in [3.05, 3.63) is 36.7 Å². The van der Waals surface area contributed by atoms with Crippen LogP contribution in [-0.2, 0) is 0 Å². The van der Waals surface area contributed by atoms with E-state index in [1.165, 1.54) is 0 Å². The molecule has 64 valence electrons. The lowest BCUT2D eigenvalue weighted by atomic mass is 10.3. The van der Waals surface area contributed by atoms with Gasteiger partial charge in [-0.05, 0) is 34.7 Å². The summed E-state index contributed by atoms with van der Waals surface area (Å²) in [5.41, 5.74) is -0.251. The van der Waals surface area contributed by atoms with E-state index < -0.39 is 10.7 Å². The van der Waals surface area contributed by atoms with Gasteiger partial charge in [-0.2, -0.15) is 0 Å². The molecule has 0 atom stereocenters. The Balaban J connectivity index is 3.38. The molecule has 0 aromatic heterocycles. The van der Waals surface area contributed by atoms with Crippen molar-refractivity contribution < 1.29 is 9.31 Å². The van der Waals surface area contributed by atoms with Gasteiger partial charge in [0.25, 0.3) is 0 Å². The monoisotopic (exact) mass is 301 g/mol. The fraction of sp³-hybridized carbons (Fsp3) is 0. The Morgan fingerprint density at radius 1 is 1.58 bits per heavy atom. The second-order valence-corrected chi connectivity index (χ2v) is 3.54. The Labute approximate surface area is 85.8 Å². The maximum absolute atomic E-state index is 12.6. The number of nitro benzene ring substituents is 1. The minimum atomic E-state index is -0.635. The summed E-state index contributed by atoms with van der Waals surface area (Å²) in [6.45, 7) is 0. The topological polar surface area (TPSA) is 43.1 Å². The summed E-state index contributed by atoms with van der Waals surface area (Å²) in [7, 11) is 0. The molecule has 0 saturated heterocycles. The number of hydrogen-bond donors (Lipinski definition) is 0. The van der Waals surface area contributed by atoms with E-state index >= 15 is 0 Å². The van der Waals surface area contributed by atoms with Crippen LogP contribution in [0.4, 0.5) is 10.1 Å². The Hall–Kier alpha value is -0.430. The average molecular weight is 301 g/mol. The molecule has 0 bridgehead atoms. The summed E-state index contributed by atoms with van der Waals surface area (Å²) in [6.07, 6.45) is 0. The van der Waals surface area contributed by atoms with E-state index in [9.17, 15) is 14.5 Å². The molecule has 0 aliphatic heterocycles. The number of benzene rings is 1. The third kappa shape index (κ3) is 1.84. The van der Waals surface area contributed by atoms with Gasteiger partial charge in [0.15, 0.2) is 0 Å².